The van der Waals surface area contributed by atoms with Crippen LogP contribution in [0, 0.1) is 13.8 Å². The first-order chi connectivity index (χ1) is 10.5. The highest BCUT2D eigenvalue weighted by Crippen LogP contribution is 2.22. The van der Waals surface area contributed by atoms with Crippen LogP contribution in [0.2, 0.25) is 0 Å². The lowest BCUT2D eigenvalue weighted by atomic mass is 10.0. The van der Waals surface area contributed by atoms with Gasteiger partial charge in [-0.15, -0.1) is 0 Å². The molecule has 0 saturated heterocycles. The number of hydrogen-bond acceptors (Lipinski definition) is 3. The molecule has 0 amide bonds. The van der Waals surface area contributed by atoms with Crippen LogP contribution in [0.4, 0.5) is 0 Å². The van der Waals surface area contributed by atoms with E-state index >= 15 is 0 Å². The summed E-state index contributed by atoms with van der Waals surface area (Å²) in [5.41, 5.74) is 4.55. The van der Waals surface area contributed by atoms with Crippen LogP contribution in [0.1, 0.15) is 32.6 Å². The minimum Gasteiger partial charge on any atom is -0.496 e. The number of methoxy groups -OCH3 is 1. The molecule has 0 radical (unpaired) electrons. The highest BCUT2D eigenvalue weighted by atomic mass is 16.5. The summed E-state index contributed by atoms with van der Waals surface area (Å²) in [5, 5.41) is 9.14. The molecule has 0 fully saturated rings. The van der Waals surface area contributed by atoms with Crippen molar-refractivity contribution in [2.24, 2.45) is 0 Å². The third-order valence-corrected chi connectivity index (χ3v) is 3.55. The lowest BCUT2D eigenvalue weighted by Crippen LogP contribution is -2.00. The Balaban J connectivity index is 2.27. The van der Waals surface area contributed by atoms with Gasteiger partial charge in [0, 0.05) is 0 Å². The standard InChI is InChI=1S/C19H20O3/c1-13-4-6-16(14(2)10-13)7-9-18(21)17-8-5-15(12-20)11-19(17)22-3/h4-11,20H,12H2,1-3H3/b9-7+. The number of aryl methyl sites for hydroxylation is 2. The van der Waals surface area contributed by atoms with Gasteiger partial charge < -0.3 is 9.84 Å². The van der Waals surface area contributed by atoms with E-state index in [1.165, 1.54) is 12.7 Å². The fourth-order valence-corrected chi connectivity index (χ4v) is 2.31. The van der Waals surface area contributed by atoms with Crippen LogP contribution in [-0.4, -0.2) is 18.0 Å². The highest BCUT2D eigenvalue weighted by molar-refractivity contribution is 6.08. The summed E-state index contributed by atoms with van der Waals surface area (Å²) in [7, 11) is 1.51. The summed E-state index contributed by atoms with van der Waals surface area (Å²) in [6, 6.07) is 11.2. The molecule has 0 heterocycles. The predicted octanol–water partition coefficient (Wildman–Crippen LogP) is 3.70. The number of allylic oxidation sites excluding steroid dienone is 1. The lowest BCUT2D eigenvalue weighted by molar-refractivity contribution is 0.104. The molecule has 0 aliphatic rings. The molecule has 0 aliphatic heterocycles. The van der Waals surface area contributed by atoms with Gasteiger partial charge in [-0.3, -0.25) is 4.79 Å². The Morgan fingerprint density at radius 3 is 2.59 bits per heavy atom. The normalized spacial score (nSPS) is 10.9. The summed E-state index contributed by atoms with van der Waals surface area (Å²) in [5.74, 6) is 0.350. The average Bonchev–Trinajstić information content (AvgIpc) is 2.53. The van der Waals surface area contributed by atoms with Crippen molar-refractivity contribution < 1.29 is 14.6 Å². The molecule has 0 aromatic heterocycles. The number of aliphatic hydroxyl groups excluding tert-OH is 1. The van der Waals surface area contributed by atoms with Crippen molar-refractivity contribution in [2.45, 2.75) is 20.5 Å². The lowest BCUT2D eigenvalue weighted by Gasteiger charge is -2.07. The van der Waals surface area contributed by atoms with Gasteiger partial charge >= 0.3 is 0 Å². The first-order valence-electron chi connectivity index (χ1n) is 7.12. The van der Waals surface area contributed by atoms with Crippen LogP contribution < -0.4 is 4.74 Å². The zero-order chi connectivity index (χ0) is 16.1. The van der Waals surface area contributed by atoms with Gasteiger partial charge in [-0.05, 0) is 48.7 Å². The Labute approximate surface area is 130 Å². The highest BCUT2D eigenvalue weighted by Gasteiger charge is 2.10. The third-order valence-electron chi connectivity index (χ3n) is 3.55. The van der Waals surface area contributed by atoms with E-state index in [1.54, 1.807) is 24.3 Å². The van der Waals surface area contributed by atoms with Crippen LogP contribution in [0.25, 0.3) is 6.08 Å². The second-order valence-corrected chi connectivity index (χ2v) is 5.25. The molecule has 2 aromatic rings. The van der Waals surface area contributed by atoms with Gasteiger partial charge in [0.15, 0.2) is 5.78 Å². The summed E-state index contributed by atoms with van der Waals surface area (Å²) in [4.78, 5) is 12.3. The quantitative estimate of drug-likeness (QED) is 0.676. The summed E-state index contributed by atoms with van der Waals surface area (Å²) in [6.45, 7) is 3.98. The van der Waals surface area contributed by atoms with Crippen LogP contribution in [0.5, 0.6) is 5.75 Å². The van der Waals surface area contributed by atoms with Gasteiger partial charge in [-0.1, -0.05) is 35.9 Å². The van der Waals surface area contributed by atoms with Gasteiger partial charge in [-0.2, -0.15) is 0 Å². The van der Waals surface area contributed by atoms with E-state index in [0.29, 0.717) is 16.9 Å². The van der Waals surface area contributed by atoms with Crippen LogP contribution in [-0.2, 0) is 6.61 Å². The van der Waals surface area contributed by atoms with E-state index in [0.717, 1.165) is 11.1 Å². The first-order valence-corrected chi connectivity index (χ1v) is 7.12. The fourth-order valence-electron chi connectivity index (χ4n) is 2.31. The number of carbonyl (C=O) groups excluding carboxylic acids is 1. The van der Waals surface area contributed by atoms with Crippen molar-refractivity contribution in [3.8, 4) is 5.75 Å². The molecule has 3 nitrogen and oxygen atoms in total. The van der Waals surface area contributed by atoms with Crippen LogP contribution >= 0.6 is 0 Å². The Morgan fingerprint density at radius 2 is 1.95 bits per heavy atom. The van der Waals surface area contributed by atoms with Gasteiger partial charge in [0.05, 0.1) is 19.3 Å². The second-order valence-electron chi connectivity index (χ2n) is 5.25. The predicted molar refractivity (Wildman–Crippen MR) is 88.2 cm³/mol. The van der Waals surface area contributed by atoms with E-state index < -0.39 is 0 Å². The fraction of sp³-hybridized carbons (Fsp3) is 0.211. The smallest absolute Gasteiger partial charge is 0.189 e. The maximum absolute atomic E-state index is 12.3. The molecule has 0 atom stereocenters. The molecule has 1 N–H and O–H groups in total. The van der Waals surface area contributed by atoms with Gasteiger partial charge in [0.25, 0.3) is 0 Å². The molecule has 114 valence electrons. The Hall–Kier alpha value is -2.39. The molecule has 0 saturated carbocycles. The number of ketones is 1. The monoisotopic (exact) mass is 296 g/mol. The minimum atomic E-state index is -0.124. The number of rotatable bonds is 5. The van der Waals surface area contributed by atoms with Crippen LogP contribution in [0.15, 0.2) is 42.5 Å². The van der Waals surface area contributed by atoms with Crippen molar-refractivity contribution in [1.82, 2.24) is 0 Å². The molecular weight excluding hydrogens is 276 g/mol. The van der Waals surface area contributed by atoms with Gasteiger partial charge in [0.2, 0.25) is 0 Å². The maximum Gasteiger partial charge on any atom is 0.189 e. The number of benzene rings is 2. The topological polar surface area (TPSA) is 46.5 Å². The summed E-state index contributed by atoms with van der Waals surface area (Å²) < 4.78 is 5.23. The molecule has 2 aromatic carbocycles. The Morgan fingerprint density at radius 1 is 1.18 bits per heavy atom. The second kappa shape index (κ2) is 7.05. The van der Waals surface area contributed by atoms with E-state index in [2.05, 4.69) is 6.07 Å². The van der Waals surface area contributed by atoms with Gasteiger partial charge in [0.1, 0.15) is 5.75 Å². The molecule has 0 bridgehead atoms. The molecular formula is C19H20O3. The average molecular weight is 296 g/mol. The zero-order valence-electron chi connectivity index (χ0n) is 13.1. The van der Waals surface area contributed by atoms with E-state index in [-0.39, 0.29) is 12.4 Å². The maximum atomic E-state index is 12.3. The van der Waals surface area contributed by atoms with E-state index in [9.17, 15) is 4.79 Å². The van der Waals surface area contributed by atoms with Crippen molar-refractivity contribution in [1.29, 1.82) is 0 Å². The summed E-state index contributed by atoms with van der Waals surface area (Å²) >= 11 is 0. The van der Waals surface area contributed by atoms with Crippen molar-refractivity contribution >= 4 is 11.9 Å². The molecule has 0 unspecified atom stereocenters. The third kappa shape index (κ3) is 3.62. The minimum absolute atomic E-state index is 0.0801. The largest absolute Gasteiger partial charge is 0.496 e. The molecule has 22 heavy (non-hydrogen) atoms. The molecule has 0 aliphatic carbocycles. The SMILES string of the molecule is COc1cc(CO)ccc1C(=O)/C=C/c1ccc(C)cc1C. The Bertz CT molecular complexity index is 715. The molecule has 2 rings (SSSR count). The van der Waals surface area contributed by atoms with Crippen LogP contribution in [0.3, 0.4) is 0 Å². The number of ether oxygens (including phenoxy) is 1. The molecule has 0 spiro atoms. The zero-order valence-corrected chi connectivity index (χ0v) is 13.1. The summed E-state index contributed by atoms with van der Waals surface area (Å²) in [6.07, 6.45) is 3.37. The number of carbonyl (C=O) groups is 1. The van der Waals surface area contributed by atoms with Crippen molar-refractivity contribution in [3.63, 3.8) is 0 Å². The van der Waals surface area contributed by atoms with E-state index in [1.807, 2.05) is 32.1 Å². The first kappa shape index (κ1) is 16.0. The van der Waals surface area contributed by atoms with Gasteiger partial charge in [-0.25, -0.2) is 0 Å². The van der Waals surface area contributed by atoms with E-state index in [4.69, 9.17) is 9.84 Å². The number of hydrogen-bond donors (Lipinski definition) is 1. The number of aliphatic hydroxyl groups is 1. The van der Waals surface area contributed by atoms with Crippen molar-refractivity contribution in [2.75, 3.05) is 7.11 Å². The van der Waals surface area contributed by atoms with Crippen molar-refractivity contribution in [3.05, 3.63) is 70.3 Å². The Kier molecular flexibility index (Phi) is 5.12. The molecule has 3 heteroatoms.